The molecule has 0 saturated carbocycles. The molecule has 0 saturated heterocycles. The van der Waals surface area contributed by atoms with E-state index in [9.17, 15) is 31.7 Å². The lowest BCUT2D eigenvalue weighted by atomic mass is 10.1. The monoisotopic (exact) mass is 374 g/mol. The quantitative estimate of drug-likeness (QED) is 0.646. The van der Waals surface area contributed by atoms with Gasteiger partial charge in [0, 0.05) is 11.8 Å². The number of alkyl halides is 3. The molecule has 0 amide bonds. The number of benzene rings is 2. The molecular weight excluding hydrogens is 361 g/mol. The maximum atomic E-state index is 13.0. The molecule has 0 aliphatic heterocycles. The summed E-state index contributed by atoms with van der Waals surface area (Å²) in [6, 6.07) is 6.62. The summed E-state index contributed by atoms with van der Waals surface area (Å²) >= 11 is 0. The third-order valence-electron chi connectivity index (χ3n) is 3.45. The third-order valence-corrected chi connectivity index (χ3v) is 5.02. The fraction of sp³-hybridized carbons (Fsp3) is 0.200. The van der Waals surface area contributed by atoms with Gasteiger partial charge in [-0.1, -0.05) is 18.2 Å². The minimum atomic E-state index is -4.65. The fourth-order valence-corrected chi connectivity index (χ4v) is 3.78. The first kappa shape index (κ1) is 18.7. The van der Waals surface area contributed by atoms with Gasteiger partial charge in [-0.15, -0.1) is 0 Å². The van der Waals surface area contributed by atoms with Crippen LogP contribution in [0.2, 0.25) is 0 Å². The minimum absolute atomic E-state index is 0.0719. The average molecular weight is 374 g/mol. The third kappa shape index (κ3) is 3.90. The molecule has 0 aliphatic rings. The van der Waals surface area contributed by atoms with Gasteiger partial charge in [0.2, 0.25) is 0 Å². The van der Waals surface area contributed by atoms with Crippen molar-refractivity contribution < 1.29 is 26.5 Å². The second kappa shape index (κ2) is 6.36. The van der Waals surface area contributed by atoms with Crippen LogP contribution in [0.25, 0.3) is 0 Å². The summed E-state index contributed by atoms with van der Waals surface area (Å²) in [5.74, 6) is 0. The minimum Gasteiger partial charge on any atom is -0.279 e. The van der Waals surface area contributed by atoms with Gasteiger partial charge in [0.1, 0.15) is 0 Å². The number of nitrogens with one attached hydrogen (secondary N) is 1. The van der Waals surface area contributed by atoms with Gasteiger partial charge in [-0.2, -0.15) is 13.2 Å². The maximum Gasteiger partial charge on any atom is 0.416 e. The zero-order valence-corrected chi connectivity index (χ0v) is 13.9. The van der Waals surface area contributed by atoms with E-state index in [1.54, 1.807) is 0 Å². The van der Waals surface area contributed by atoms with Crippen LogP contribution >= 0.6 is 0 Å². The van der Waals surface area contributed by atoms with E-state index in [1.165, 1.54) is 26.0 Å². The summed E-state index contributed by atoms with van der Waals surface area (Å²) in [7, 11) is -4.45. The number of hydrogen-bond donors (Lipinski definition) is 1. The highest BCUT2D eigenvalue weighted by Gasteiger charge is 2.33. The normalized spacial score (nSPS) is 12.0. The molecule has 0 aliphatic carbocycles. The van der Waals surface area contributed by atoms with E-state index in [0.717, 1.165) is 18.2 Å². The van der Waals surface area contributed by atoms with E-state index in [0.29, 0.717) is 6.07 Å². The van der Waals surface area contributed by atoms with Gasteiger partial charge >= 0.3 is 6.18 Å². The van der Waals surface area contributed by atoms with Crippen molar-refractivity contribution in [2.24, 2.45) is 0 Å². The zero-order valence-electron chi connectivity index (χ0n) is 13.1. The number of hydrogen-bond acceptors (Lipinski definition) is 4. The second-order valence-electron chi connectivity index (χ2n) is 5.31. The van der Waals surface area contributed by atoms with Crippen molar-refractivity contribution in [3.8, 4) is 0 Å². The van der Waals surface area contributed by atoms with Crippen LogP contribution in [-0.2, 0) is 16.2 Å². The largest absolute Gasteiger partial charge is 0.416 e. The van der Waals surface area contributed by atoms with Crippen molar-refractivity contribution >= 4 is 21.4 Å². The highest BCUT2D eigenvalue weighted by Crippen LogP contribution is 2.34. The average Bonchev–Trinajstić information content (AvgIpc) is 2.47. The summed E-state index contributed by atoms with van der Waals surface area (Å²) < 4.78 is 65.8. The Morgan fingerprint density at radius 1 is 1.08 bits per heavy atom. The van der Waals surface area contributed by atoms with Crippen LogP contribution < -0.4 is 4.72 Å². The molecule has 0 atom stereocenters. The SMILES string of the molecule is Cc1ccc(NS(=O)(=O)c2c(C)cccc2[N+](=O)[O-])cc1C(F)(F)F. The van der Waals surface area contributed by atoms with Gasteiger partial charge in [-0.05, 0) is 37.1 Å². The van der Waals surface area contributed by atoms with Gasteiger partial charge in [-0.25, -0.2) is 8.42 Å². The lowest BCUT2D eigenvalue weighted by Crippen LogP contribution is -2.17. The van der Waals surface area contributed by atoms with E-state index >= 15 is 0 Å². The lowest BCUT2D eigenvalue weighted by molar-refractivity contribution is -0.387. The van der Waals surface area contributed by atoms with E-state index in [4.69, 9.17) is 0 Å². The Morgan fingerprint density at radius 2 is 1.72 bits per heavy atom. The molecule has 2 rings (SSSR count). The molecule has 0 aromatic heterocycles. The summed E-state index contributed by atoms with van der Waals surface area (Å²) in [6.45, 7) is 2.60. The van der Waals surface area contributed by atoms with Gasteiger partial charge in [0.05, 0.1) is 10.5 Å². The smallest absolute Gasteiger partial charge is 0.279 e. The number of sulfonamides is 1. The molecule has 1 N–H and O–H groups in total. The standard InChI is InChI=1S/C15H13F3N2O4S/c1-9-6-7-11(8-12(9)15(16,17)18)19-25(23,24)14-10(2)4-3-5-13(14)20(21)22/h3-8,19H,1-2H3. The van der Waals surface area contributed by atoms with E-state index in [-0.39, 0.29) is 16.8 Å². The molecule has 0 bridgehead atoms. The number of anilines is 1. The Kier molecular flexibility index (Phi) is 4.76. The second-order valence-corrected chi connectivity index (χ2v) is 6.93. The van der Waals surface area contributed by atoms with Crippen molar-refractivity contribution in [2.45, 2.75) is 24.9 Å². The number of rotatable bonds is 4. The molecule has 2 aromatic rings. The Labute approximate surface area is 141 Å². The number of nitro groups is 1. The molecule has 25 heavy (non-hydrogen) atoms. The first-order valence-corrected chi connectivity index (χ1v) is 8.36. The zero-order chi connectivity index (χ0) is 19.0. The van der Waals surface area contributed by atoms with Crippen molar-refractivity contribution in [3.63, 3.8) is 0 Å². The Bertz CT molecular complexity index is 940. The van der Waals surface area contributed by atoms with Crippen LogP contribution in [-0.4, -0.2) is 13.3 Å². The van der Waals surface area contributed by atoms with Crippen LogP contribution in [0.15, 0.2) is 41.3 Å². The molecule has 0 radical (unpaired) electrons. The number of nitrogens with zero attached hydrogens (tertiary/aromatic N) is 1. The summed E-state index contributed by atoms with van der Waals surface area (Å²) in [5, 5.41) is 11.1. The molecule has 6 nitrogen and oxygen atoms in total. The highest BCUT2D eigenvalue weighted by atomic mass is 32.2. The molecular formula is C15H13F3N2O4S. The van der Waals surface area contributed by atoms with Crippen LogP contribution in [0.5, 0.6) is 0 Å². The Hall–Kier alpha value is -2.62. The van der Waals surface area contributed by atoms with Crippen LogP contribution in [0, 0.1) is 24.0 Å². The van der Waals surface area contributed by atoms with Crippen molar-refractivity contribution in [1.29, 1.82) is 0 Å². The van der Waals surface area contributed by atoms with Crippen LogP contribution in [0.4, 0.5) is 24.5 Å². The van der Waals surface area contributed by atoms with E-state index in [1.807, 2.05) is 4.72 Å². The predicted molar refractivity (Wildman–Crippen MR) is 84.8 cm³/mol. The summed E-state index contributed by atoms with van der Waals surface area (Å²) in [5.41, 5.74) is -1.96. The first-order valence-electron chi connectivity index (χ1n) is 6.88. The van der Waals surface area contributed by atoms with Crippen molar-refractivity contribution in [2.75, 3.05) is 4.72 Å². The predicted octanol–water partition coefficient (Wildman–Crippen LogP) is 4.03. The van der Waals surface area contributed by atoms with Gasteiger partial charge in [0.15, 0.2) is 4.90 Å². The fourth-order valence-electron chi connectivity index (χ4n) is 2.33. The highest BCUT2D eigenvalue weighted by molar-refractivity contribution is 7.93. The van der Waals surface area contributed by atoms with Gasteiger partial charge < -0.3 is 0 Å². The molecule has 10 heteroatoms. The molecule has 0 heterocycles. The lowest BCUT2D eigenvalue weighted by Gasteiger charge is -2.14. The van der Waals surface area contributed by atoms with E-state index < -0.39 is 37.3 Å². The summed E-state index contributed by atoms with van der Waals surface area (Å²) in [6.07, 6.45) is -4.65. The van der Waals surface area contributed by atoms with E-state index in [2.05, 4.69) is 0 Å². The summed E-state index contributed by atoms with van der Waals surface area (Å²) in [4.78, 5) is 9.62. The van der Waals surface area contributed by atoms with Crippen LogP contribution in [0.3, 0.4) is 0 Å². The first-order chi connectivity index (χ1) is 11.4. The molecule has 0 spiro atoms. The molecule has 0 fully saturated rings. The molecule has 134 valence electrons. The number of aryl methyl sites for hydroxylation is 2. The maximum absolute atomic E-state index is 13.0. The Balaban J connectivity index is 2.53. The molecule has 2 aromatic carbocycles. The number of halogens is 3. The number of nitro benzene ring substituents is 1. The molecule has 0 unspecified atom stereocenters. The van der Waals surface area contributed by atoms with Gasteiger partial charge in [0.25, 0.3) is 15.7 Å². The Morgan fingerprint density at radius 3 is 2.28 bits per heavy atom. The van der Waals surface area contributed by atoms with Gasteiger partial charge in [-0.3, -0.25) is 14.8 Å². The van der Waals surface area contributed by atoms with Crippen molar-refractivity contribution in [1.82, 2.24) is 0 Å². The topological polar surface area (TPSA) is 89.3 Å². The van der Waals surface area contributed by atoms with Crippen molar-refractivity contribution in [3.05, 3.63) is 63.2 Å². The van der Waals surface area contributed by atoms with Crippen LogP contribution in [0.1, 0.15) is 16.7 Å².